The molecule has 0 spiro atoms. The Hall–Kier alpha value is -3.18. The van der Waals surface area contributed by atoms with Crippen molar-refractivity contribution in [3.63, 3.8) is 0 Å². The van der Waals surface area contributed by atoms with Crippen LogP contribution in [0.15, 0.2) is 72.8 Å². The van der Waals surface area contributed by atoms with Crippen LogP contribution in [0.1, 0.15) is 36.1 Å². The average Bonchev–Trinajstić information content (AvgIpc) is 3.42. The van der Waals surface area contributed by atoms with Crippen LogP contribution < -0.4 is 4.74 Å². The third-order valence-electron chi connectivity index (χ3n) is 7.05. The Labute approximate surface area is 194 Å². The zero-order chi connectivity index (χ0) is 22.9. The zero-order valence-corrected chi connectivity index (χ0v) is 19.1. The maximum Gasteiger partial charge on any atom is 0.227 e. The van der Waals surface area contributed by atoms with Crippen LogP contribution in [-0.4, -0.2) is 40.9 Å². The predicted molar refractivity (Wildman–Crippen MR) is 127 cm³/mol. The zero-order valence-electron chi connectivity index (χ0n) is 19.1. The number of nitrogens with zero attached hydrogens (tertiary/aromatic N) is 2. The quantitative estimate of drug-likeness (QED) is 0.502. The number of carbonyl (C=O) groups is 1. The lowest BCUT2D eigenvalue weighted by molar-refractivity contribution is -0.133. The van der Waals surface area contributed by atoms with Gasteiger partial charge in [-0.3, -0.25) is 9.69 Å². The number of aryl methyl sites for hydroxylation is 1. The van der Waals surface area contributed by atoms with Gasteiger partial charge in [-0.25, -0.2) is 4.39 Å². The van der Waals surface area contributed by atoms with Crippen molar-refractivity contribution < 1.29 is 13.9 Å². The van der Waals surface area contributed by atoms with E-state index in [-0.39, 0.29) is 11.7 Å². The van der Waals surface area contributed by atoms with Crippen LogP contribution in [0, 0.1) is 12.7 Å². The Morgan fingerprint density at radius 3 is 2.48 bits per heavy atom. The first-order valence-electron chi connectivity index (χ1n) is 11.6. The number of hydrogen-bond donors (Lipinski definition) is 0. The fourth-order valence-electron chi connectivity index (χ4n) is 5.33. The van der Waals surface area contributed by atoms with Crippen LogP contribution in [0.2, 0.25) is 0 Å². The molecule has 0 saturated carbocycles. The maximum absolute atomic E-state index is 13.3. The van der Waals surface area contributed by atoms with Crippen LogP contribution in [0.3, 0.4) is 0 Å². The number of benzene rings is 3. The molecule has 3 atom stereocenters. The topological polar surface area (TPSA) is 32.8 Å². The lowest BCUT2D eigenvalue weighted by atomic mass is 10.0. The van der Waals surface area contributed by atoms with E-state index in [1.54, 1.807) is 12.1 Å². The highest BCUT2D eigenvalue weighted by molar-refractivity contribution is 5.79. The molecule has 1 amide bonds. The van der Waals surface area contributed by atoms with Crippen molar-refractivity contribution in [1.29, 1.82) is 0 Å². The first-order chi connectivity index (χ1) is 16.0. The predicted octanol–water partition coefficient (Wildman–Crippen LogP) is 5.52. The first-order valence-corrected chi connectivity index (χ1v) is 11.6. The van der Waals surface area contributed by atoms with Crippen molar-refractivity contribution in [1.82, 2.24) is 9.80 Å². The smallest absolute Gasteiger partial charge is 0.227 e. The second-order valence-electron chi connectivity index (χ2n) is 9.20. The number of hydrogen-bond acceptors (Lipinski definition) is 3. The van der Waals surface area contributed by atoms with Crippen molar-refractivity contribution in [2.24, 2.45) is 0 Å². The highest BCUT2D eigenvalue weighted by atomic mass is 19.1. The minimum absolute atomic E-state index is 0.185. The largest absolute Gasteiger partial charge is 0.457 e. The molecule has 33 heavy (non-hydrogen) atoms. The molecule has 5 heteroatoms. The molecule has 0 radical (unpaired) electrons. The summed E-state index contributed by atoms with van der Waals surface area (Å²) in [5, 5.41) is 0. The van der Waals surface area contributed by atoms with E-state index >= 15 is 0 Å². The lowest BCUT2D eigenvalue weighted by Gasteiger charge is -2.38. The fourth-order valence-corrected chi connectivity index (χ4v) is 5.33. The number of amides is 1. The summed E-state index contributed by atoms with van der Waals surface area (Å²) in [6, 6.07) is 23.2. The van der Waals surface area contributed by atoms with Crippen molar-refractivity contribution in [2.75, 3.05) is 13.1 Å². The van der Waals surface area contributed by atoms with E-state index in [9.17, 15) is 9.18 Å². The van der Waals surface area contributed by atoms with Gasteiger partial charge in [-0.2, -0.15) is 0 Å². The molecule has 0 N–H and O–H groups in total. The van der Waals surface area contributed by atoms with Crippen LogP contribution >= 0.6 is 0 Å². The van der Waals surface area contributed by atoms with Crippen molar-refractivity contribution in [3.8, 4) is 11.5 Å². The molecule has 2 fully saturated rings. The Morgan fingerprint density at radius 1 is 1.00 bits per heavy atom. The molecule has 5 rings (SSSR count). The van der Waals surface area contributed by atoms with Gasteiger partial charge in [-0.05, 0) is 61.2 Å². The van der Waals surface area contributed by atoms with E-state index in [1.165, 1.54) is 23.3 Å². The van der Waals surface area contributed by atoms with Crippen molar-refractivity contribution >= 4 is 5.91 Å². The molecule has 2 heterocycles. The van der Waals surface area contributed by atoms with Gasteiger partial charge in [-0.1, -0.05) is 42.5 Å². The standard InChI is InChI=1S/C28H29FN2O2/c1-19-6-3-4-9-27(19)20(2)30-17-24-16-23(30)18-31(24)28(32)14-21-10-12-25(13-11-21)33-26-8-5-7-22(29)15-26/h3-13,15,20,23-24H,14,16-18H2,1-2H3. The first kappa shape index (κ1) is 21.7. The number of rotatable bonds is 6. The summed E-state index contributed by atoms with van der Waals surface area (Å²) in [5.41, 5.74) is 3.66. The van der Waals surface area contributed by atoms with Gasteiger partial charge < -0.3 is 9.64 Å². The molecule has 2 saturated heterocycles. The summed E-state index contributed by atoms with van der Waals surface area (Å²) in [7, 11) is 0. The van der Waals surface area contributed by atoms with Crippen LogP contribution in [0.4, 0.5) is 4.39 Å². The normalized spacial score (nSPS) is 20.8. The summed E-state index contributed by atoms with van der Waals surface area (Å²) in [5.74, 6) is 0.931. The van der Waals surface area contributed by atoms with Gasteiger partial charge in [0.1, 0.15) is 17.3 Å². The minimum atomic E-state index is -0.332. The summed E-state index contributed by atoms with van der Waals surface area (Å²) in [6.07, 6.45) is 1.44. The molecular weight excluding hydrogens is 415 g/mol. The SMILES string of the molecule is Cc1ccccc1C(C)N1CC2CC1CN2C(=O)Cc1ccc(Oc2cccc(F)c2)cc1. The fraction of sp³-hybridized carbons (Fsp3) is 0.321. The number of halogens is 1. The van der Waals surface area contributed by atoms with Crippen molar-refractivity contribution in [3.05, 3.63) is 95.3 Å². The lowest BCUT2D eigenvalue weighted by Crippen LogP contribution is -2.49. The molecule has 4 nitrogen and oxygen atoms in total. The van der Waals surface area contributed by atoms with Crippen LogP contribution in [-0.2, 0) is 11.2 Å². The Kier molecular flexibility index (Phi) is 5.90. The van der Waals surface area contributed by atoms with Gasteiger partial charge >= 0.3 is 0 Å². The van der Waals surface area contributed by atoms with E-state index in [2.05, 4.69) is 47.9 Å². The molecule has 3 aromatic carbocycles. The van der Waals surface area contributed by atoms with E-state index in [4.69, 9.17) is 4.74 Å². The van der Waals surface area contributed by atoms with Gasteiger partial charge in [0.05, 0.1) is 6.42 Å². The number of likely N-dealkylation sites (tertiary alicyclic amines) is 2. The summed E-state index contributed by atoms with van der Waals surface area (Å²) < 4.78 is 19.0. The van der Waals surface area contributed by atoms with Gasteiger partial charge in [0.25, 0.3) is 0 Å². The van der Waals surface area contributed by atoms with Gasteiger partial charge in [-0.15, -0.1) is 0 Å². The minimum Gasteiger partial charge on any atom is -0.457 e. The Morgan fingerprint density at radius 2 is 1.79 bits per heavy atom. The van der Waals surface area contributed by atoms with Crippen LogP contribution in [0.5, 0.6) is 11.5 Å². The molecule has 170 valence electrons. The van der Waals surface area contributed by atoms with Crippen LogP contribution in [0.25, 0.3) is 0 Å². The number of carbonyl (C=O) groups excluding carboxylic acids is 1. The highest BCUT2D eigenvalue weighted by Gasteiger charge is 2.46. The average molecular weight is 445 g/mol. The molecule has 2 aliphatic rings. The highest BCUT2D eigenvalue weighted by Crippen LogP contribution is 2.37. The van der Waals surface area contributed by atoms with Gasteiger partial charge in [0.2, 0.25) is 5.91 Å². The molecule has 0 aliphatic carbocycles. The Bertz CT molecular complexity index is 1150. The molecule has 2 bridgehead atoms. The monoisotopic (exact) mass is 444 g/mol. The second-order valence-corrected chi connectivity index (χ2v) is 9.20. The number of ether oxygens (including phenoxy) is 1. The number of fused-ring (bicyclic) bond motifs is 2. The van der Waals surface area contributed by atoms with E-state index < -0.39 is 0 Å². The van der Waals surface area contributed by atoms with E-state index in [0.717, 1.165) is 25.1 Å². The van der Waals surface area contributed by atoms with E-state index in [1.807, 2.05) is 24.3 Å². The van der Waals surface area contributed by atoms with Gasteiger partial charge in [0, 0.05) is 37.3 Å². The summed E-state index contributed by atoms with van der Waals surface area (Å²) in [4.78, 5) is 17.7. The maximum atomic E-state index is 13.3. The number of piperazine rings is 1. The third kappa shape index (κ3) is 4.51. The van der Waals surface area contributed by atoms with Crippen molar-refractivity contribution in [2.45, 2.75) is 44.8 Å². The summed E-state index contributed by atoms with van der Waals surface area (Å²) >= 11 is 0. The summed E-state index contributed by atoms with van der Waals surface area (Å²) in [6.45, 7) is 6.19. The Balaban J connectivity index is 1.18. The second kappa shape index (κ2) is 8.99. The molecule has 3 unspecified atom stereocenters. The van der Waals surface area contributed by atoms with E-state index in [0.29, 0.717) is 36.0 Å². The molecule has 0 aromatic heterocycles. The molecule has 3 aromatic rings. The van der Waals surface area contributed by atoms with Gasteiger partial charge in [0.15, 0.2) is 0 Å². The third-order valence-corrected chi connectivity index (χ3v) is 7.05. The molecular formula is C28H29FN2O2. The molecule has 2 aliphatic heterocycles.